The molecule has 1 aliphatic heterocycles. The topological polar surface area (TPSA) is 38.3 Å². The quantitative estimate of drug-likeness (QED) is 0.847. The van der Waals surface area contributed by atoms with Crippen LogP contribution >= 0.6 is 0 Å². The van der Waals surface area contributed by atoms with Gasteiger partial charge in [0.05, 0.1) is 12.5 Å². The summed E-state index contributed by atoms with van der Waals surface area (Å²) in [7, 11) is 0. The van der Waals surface area contributed by atoms with Crippen LogP contribution in [0.2, 0.25) is 0 Å². The lowest BCUT2D eigenvalue weighted by Crippen LogP contribution is -2.37. The van der Waals surface area contributed by atoms with Gasteiger partial charge in [-0.1, -0.05) is 45.0 Å². The molecule has 0 saturated carbocycles. The van der Waals surface area contributed by atoms with Crippen LogP contribution in [0.15, 0.2) is 24.3 Å². The third kappa shape index (κ3) is 3.46. The molecule has 2 unspecified atom stereocenters. The predicted octanol–water partition coefficient (Wildman–Crippen LogP) is 2.93. The molecule has 1 heterocycles. The Bertz CT molecular complexity index is 480. The zero-order chi connectivity index (χ0) is 15.5. The fraction of sp³-hybridized carbons (Fsp3) is 0.611. The van der Waals surface area contributed by atoms with E-state index in [4.69, 9.17) is 4.74 Å². The van der Waals surface area contributed by atoms with E-state index in [2.05, 4.69) is 50.4 Å². The number of carbonyl (C=O) groups is 1. The molecule has 2 rings (SSSR count). The molecule has 0 aromatic heterocycles. The Kier molecular flexibility index (Phi) is 5.04. The summed E-state index contributed by atoms with van der Waals surface area (Å²) in [6.45, 7) is 10.4. The van der Waals surface area contributed by atoms with Gasteiger partial charge in [-0.3, -0.25) is 4.79 Å². The van der Waals surface area contributed by atoms with E-state index in [1.165, 1.54) is 11.1 Å². The van der Waals surface area contributed by atoms with Crippen LogP contribution in [0, 0.1) is 11.8 Å². The number of rotatable bonds is 5. The summed E-state index contributed by atoms with van der Waals surface area (Å²) >= 11 is 0. The monoisotopic (exact) mass is 289 g/mol. The average Bonchev–Trinajstić information content (AvgIpc) is 2.82. The van der Waals surface area contributed by atoms with Crippen LogP contribution in [-0.4, -0.2) is 25.7 Å². The summed E-state index contributed by atoms with van der Waals surface area (Å²) in [5, 5.41) is 3.35. The van der Waals surface area contributed by atoms with E-state index >= 15 is 0 Å². The van der Waals surface area contributed by atoms with E-state index in [1.54, 1.807) is 0 Å². The Balaban J connectivity index is 2.20. The van der Waals surface area contributed by atoms with Gasteiger partial charge in [0.25, 0.3) is 0 Å². The van der Waals surface area contributed by atoms with Gasteiger partial charge in [0.15, 0.2) is 0 Å². The van der Waals surface area contributed by atoms with E-state index in [0.717, 1.165) is 13.0 Å². The fourth-order valence-electron chi connectivity index (χ4n) is 3.21. The molecule has 1 fully saturated rings. The van der Waals surface area contributed by atoms with Gasteiger partial charge in [-0.15, -0.1) is 0 Å². The van der Waals surface area contributed by atoms with Crippen molar-refractivity contribution in [1.29, 1.82) is 0 Å². The highest BCUT2D eigenvalue weighted by atomic mass is 16.5. The molecule has 2 atom stereocenters. The minimum Gasteiger partial charge on any atom is -0.466 e. The molecule has 0 amide bonds. The second-order valence-corrected chi connectivity index (χ2v) is 6.65. The summed E-state index contributed by atoms with van der Waals surface area (Å²) in [6, 6.07) is 8.75. The summed E-state index contributed by atoms with van der Waals surface area (Å²) in [5.41, 5.74) is 2.40. The molecule has 1 aliphatic rings. The van der Waals surface area contributed by atoms with Gasteiger partial charge in [-0.2, -0.15) is 0 Å². The maximum atomic E-state index is 12.2. The van der Waals surface area contributed by atoms with Crippen molar-refractivity contribution >= 4 is 5.97 Å². The molecule has 0 aliphatic carbocycles. The Morgan fingerprint density at radius 2 is 2.05 bits per heavy atom. The molecular weight excluding hydrogens is 262 g/mol. The molecule has 0 radical (unpaired) electrons. The lowest BCUT2D eigenvalue weighted by Gasteiger charge is -2.30. The smallest absolute Gasteiger partial charge is 0.311 e. The lowest BCUT2D eigenvalue weighted by atomic mass is 9.74. The van der Waals surface area contributed by atoms with Gasteiger partial charge in [0.2, 0.25) is 0 Å². The molecule has 1 saturated heterocycles. The Labute approximate surface area is 128 Å². The summed E-state index contributed by atoms with van der Waals surface area (Å²) in [4.78, 5) is 12.2. The van der Waals surface area contributed by atoms with Crippen LogP contribution in [0.25, 0.3) is 0 Å². The number of benzene rings is 1. The van der Waals surface area contributed by atoms with Crippen molar-refractivity contribution in [2.75, 3.05) is 19.7 Å². The number of ether oxygens (including phenoxy) is 1. The zero-order valence-electron chi connectivity index (χ0n) is 13.6. The number of hydrogen-bond donors (Lipinski definition) is 1. The first-order valence-electron chi connectivity index (χ1n) is 7.94. The van der Waals surface area contributed by atoms with Crippen molar-refractivity contribution in [3.05, 3.63) is 35.4 Å². The molecule has 3 nitrogen and oxygen atoms in total. The first-order chi connectivity index (χ1) is 9.97. The van der Waals surface area contributed by atoms with Crippen LogP contribution in [0.1, 0.15) is 38.8 Å². The molecule has 1 aromatic carbocycles. The molecule has 0 bridgehead atoms. The van der Waals surface area contributed by atoms with Crippen LogP contribution in [-0.2, 0) is 21.4 Å². The van der Waals surface area contributed by atoms with E-state index in [1.807, 2.05) is 6.92 Å². The minimum absolute atomic E-state index is 0.0868. The number of esters is 1. The normalized spacial score (nSPS) is 25.3. The molecule has 116 valence electrons. The van der Waals surface area contributed by atoms with Gasteiger partial charge >= 0.3 is 5.97 Å². The first kappa shape index (κ1) is 16.0. The van der Waals surface area contributed by atoms with Gasteiger partial charge < -0.3 is 10.1 Å². The summed E-state index contributed by atoms with van der Waals surface area (Å²) in [6.07, 6.45) is 1.09. The van der Waals surface area contributed by atoms with E-state index in [0.29, 0.717) is 19.1 Å². The SMILES string of the molecule is CCOC(=O)C1CNCC1(C)c1ccc(CC(C)C)cc1. The zero-order valence-corrected chi connectivity index (χ0v) is 13.6. The maximum absolute atomic E-state index is 12.2. The summed E-state index contributed by atoms with van der Waals surface area (Å²) in [5.74, 6) is 0.469. The minimum atomic E-state index is -0.178. The molecular formula is C18H27NO2. The third-order valence-electron chi connectivity index (χ3n) is 4.44. The van der Waals surface area contributed by atoms with Crippen LogP contribution in [0.3, 0.4) is 0 Å². The number of hydrogen-bond acceptors (Lipinski definition) is 3. The standard InChI is InChI=1S/C18H27NO2/c1-5-21-17(20)16-11-19-12-18(16,4)15-8-6-14(7-9-15)10-13(2)3/h6-9,13,16,19H,5,10-12H2,1-4H3. The van der Waals surface area contributed by atoms with Crippen LogP contribution in [0.5, 0.6) is 0 Å². The van der Waals surface area contributed by atoms with Crippen LogP contribution < -0.4 is 5.32 Å². The molecule has 3 heteroatoms. The number of carbonyl (C=O) groups excluding carboxylic acids is 1. The largest absolute Gasteiger partial charge is 0.466 e. The van der Waals surface area contributed by atoms with Gasteiger partial charge in [0.1, 0.15) is 0 Å². The highest BCUT2D eigenvalue weighted by molar-refractivity contribution is 5.75. The van der Waals surface area contributed by atoms with Crippen molar-refractivity contribution in [1.82, 2.24) is 5.32 Å². The number of nitrogens with one attached hydrogen (secondary N) is 1. The fourth-order valence-corrected chi connectivity index (χ4v) is 3.21. The molecule has 21 heavy (non-hydrogen) atoms. The van der Waals surface area contributed by atoms with Crippen molar-refractivity contribution in [3.63, 3.8) is 0 Å². The molecule has 1 N–H and O–H groups in total. The molecule has 1 aromatic rings. The Morgan fingerprint density at radius 1 is 1.38 bits per heavy atom. The second kappa shape index (κ2) is 6.61. The lowest BCUT2D eigenvalue weighted by molar-refractivity contribution is -0.149. The Morgan fingerprint density at radius 3 is 2.62 bits per heavy atom. The summed E-state index contributed by atoms with van der Waals surface area (Å²) < 4.78 is 5.24. The first-order valence-corrected chi connectivity index (χ1v) is 7.94. The van der Waals surface area contributed by atoms with E-state index in [-0.39, 0.29) is 17.3 Å². The van der Waals surface area contributed by atoms with Gasteiger partial charge in [-0.05, 0) is 30.4 Å². The van der Waals surface area contributed by atoms with Crippen molar-refractivity contribution in [3.8, 4) is 0 Å². The van der Waals surface area contributed by atoms with E-state index in [9.17, 15) is 4.79 Å². The Hall–Kier alpha value is -1.35. The van der Waals surface area contributed by atoms with E-state index < -0.39 is 0 Å². The van der Waals surface area contributed by atoms with Gasteiger partial charge in [-0.25, -0.2) is 0 Å². The maximum Gasteiger partial charge on any atom is 0.311 e. The second-order valence-electron chi connectivity index (χ2n) is 6.65. The third-order valence-corrected chi connectivity index (χ3v) is 4.44. The predicted molar refractivity (Wildman–Crippen MR) is 85.3 cm³/mol. The van der Waals surface area contributed by atoms with Crippen molar-refractivity contribution < 1.29 is 9.53 Å². The van der Waals surface area contributed by atoms with Crippen molar-refractivity contribution in [2.45, 2.75) is 39.5 Å². The highest BCUT2D eigenvalue weighted by Crippen LogP contribution is 2.36. The van der Waals surface area contributed by atoms with Gasteiger partial charge in [0, 0.05) is 18.5 Å². The highest BCUT2D eigenvalue weighted by Gasteiger charge is 2.45. The van der Waals surface area contributed by atoms with Crippen molar-refractivity contribution in [2.24, 2.45) is 11.8 Å². The average molecular weight is 289 g/mol. The molecule has 0 spiro atoms. The van der Waals surface area contributed by atoms with Crippen LogP contribution in [0.4, 0.5) is 0 Å².